The van der Waals surface area contributed by atoms with Gasteiger partial charge in [-0.25, -0.2) is 18.5 Å². The molecule has 0 unspecified atom stereocenters. The van der Waals surface area contributed by atoms with E-state index in [-0.39, 0.29) is 11.0 Å². The molecule has 0 bridgehead atoms. The van der Waals surface area contributed by atoms with Crippen molar-refractivity contribution in [2.75, 3.05) is 19.6 Å². The van der Waals surface area contributed by atoms with Crippen molar-refractivity contribution in [2.45, 2.75) is 37.3 Å². The second-order valence-corrected chi connectivity index (χ2v) is 8.54. The number of piperidine rings is 1. The number of rotatable bonds is 6. The Labute approximate surface area is 172 Å². The van der Waals surface area contributed by atoms with Crippen molar-refractivity contribution < 1.29 is 13.2 Å². The molecule has 0 amide bonds. The molecule has 0 radical (unpaired) electrons. The summed E-state index contributed by atoms with van der Waals surface area (Å²) in [5, 5.41) is 8.54. The number of benzene rings is 2. The zero-order valence-electron chi connectivity index (χ0n) is 16.6. The molecule has 0 spiro atoms. The Kier molecular flexibility index (Phi) is 7.11. The van der Waals surface area contributed by atoms with Crippen molar-refractivity contribution in [3.05, 3.63) is 60.2 Å². The van der Waals surface area contributed by atoms with E-state index >= 15 is 0 Å². The Balaban J connectivity index is 1.61. The lowest BCUT2D eigenvalue weighted by Gasteiger charge is -2.34. The third kappa shape index (κ3) is 6.20. The third-order valence-electron chi connectivity index (χ3n) is 4.76. The fourth-order valence-electron chi connectivity index (χ4n) is 3.29. The maximum atomic E-state index is 11.5. The number of ether oxygens (including phenoxy) is 1. The second kappa shape index (κ2) is 9.76. The fourth-order valence-corrected chi connectivity index (χ4v) is 3.87. The maximum Gasteiger partial charge on any atom is 0.238 e. The van der Waals surface area contributed by atoms with Gasteiger partial charge in [0, 0.05) is 32.5 Å². The molecule has 1 heterocycles. The molecule has 8 heteroatoms. The Morgan fingerprint density at radius 3 is 2.55 bits per heavy atom. The van der Waals surface area contributed by atoms with E-state index in [2.05, 4.69) is 10.2 Å². The van der Waals surface area contributed by atoms with Gasteiger partial charge >= 0.3 is 0 Å². The quantitative estimate of drug-likeness (QED) is 0.557. The summed E-state index contributed by atoms with van der Waals surface area (Å²) in [5.41, 5.74) is 0.800. The molecule has 29 heavy (non-hydrogen) atoms. The van der Waals surface area contributed by atoms with Gasteiger partial charge in [0.1, 0.15) is 11.9 Å². The van der Waals surface area contributed by atoms with Crippen LogP contribution in [0.25, 0.3) is 0 Å². The third-order valence-corrected chi connectivity index (χ3v) is 5.67. The molecule has 3 N–H and O–H groups in total. The Bertz CT molecular complexity index is 924. The van der Waals surface area contributed by atoms with E-state index in [4.69, 9.17) is 14.9 Å². The number of guanidine groups is 1. The summed E-state index contributed by atoms with van der Waals surface area (Å²) in [6.45, 7) is 4.87. The number of hydrogen-bond donors (Lipinski definition) is 2. The molecule has 2 aromatic carbocycles. The topological polar surface area (TPSA) is 97.0 Å². The first-order valence-corrected chi connectivity index (χ1v) is 11.4. The molecule has 0 aliphatic carbocycles. The number of hydrogen-bond acceptors (Lipinski definition) is 4. The first kappa shape index (κ1) is 21.1. The van der Waals surface area contributed by atoms with Crippen LogP contribution in [0.4, 0.5) is 0 Å². The first-order valence-electron chi connectivity index (χ1n) is 9.82. The maximum absolute atomic E-state index is 11.5. The van der Waals surface area contributed by atoms with Gasteiger partial charge < -0.3 is 15.0 Å². The van der Waals surface area contributed by atoms with Gasteiger partial charge in [-0.05, 0) is 36.8 Å². The summed E-state index contributed by atoms with van der Waals surface area (Å²) < 4.78 is 29.2. The van der Waals surface area contributed by atoms with Gasteiger partial charge in [0.15, 0.2) is 5.96 Å². The number of aliphatic imine (C=N–C) groups is 1. The molecule has 7 nitrogen and oxygen atoms in total. The SMILES string of the molecule is CCNC(=NCc1cccc(S(N)(=O)=O)c1)N1CCC(Oc2ccccc2)CC1. The lowest BCUT2D eigenvalue weighted by atomic mass is 10.1. The lowest BCUT2D eigenvalue weighted by Crippen LogP contribution is -2.47. The summed E-state index contributed by atoms with van der Waals surface area (Å²) in [6, 6.07) is 16.5. The van der Waals surface area contributed by atoms with Gasteiger partial charge in [0.05, 0.1) is 11.4 Å². The molecular formula is C21H28N4O3S. The Morgan fingerprint density at radius 2 is 1.90 bits per heavy atom. The smallest absolute Gasteiger partial charge is 0.238 e. The van der Waals surface area contributed by atoms with Gasteiger partial charge in [0.2, 0.25) is 10.0 Å². The van der Waals surface area contributed by atoms with E-state index in [1.807, 2.05) is 43.3 Å². The van der Waals surface area contributed by atoms with Gasteiger partial charge in [-0.3, -0.25) is 0 Å². The molecular weight excluding hydrogens is 388 g/mol. The number of nitrogens with zero attached hydrogens (tertiary/aromatic N) is 2. The fraction of sp³-hybridized carbons (Fsp3) is 0.381. The van der Waals surface area contributed by atoms with Crippen molar-refractivity contribution in [1.82, 2.24) is 10.2 Å². The minimum absolute atomic E-state index is 0.106. The number of sulfonamides is 1. The number of likely N-dealkylation sites (tertiary alicyclic amines) is 1. The first-order chi connectivity index (χ1) is 14.0. The minimum Gasteiger partial charge on any atom is -0.490 e. The summed E-state index contributed by atoms with van der Waals surface area (Å²) in [5.74, 6) is 1.73. The number of nitrogens with two attached hydrogens (primary N) is 1. The van der Waals surface area contributed by atoms with E-state index in [1.165, 1.54) is 6.07 Å². The van der Waals surface area contributed by atoms with Gasteiger partial charge in [-0.2, -0.15) is 0 Å². The molecule has 1 saturated heterocycles. The van der Waals surface area contributed by atoms with Crippen LogP contribution in [0.15, 0.2) is 64.5 Å². The molecule has 2 aromatic rings. The highest BCUT2D eigenvalue weighted by molar-refractivity contribution is 7.89. The number of para-hydroxylation sites is 1. The highest BCUT2D eigenvalue weighted by Crippen LogP contribution is 2.19. The molecule has 1 aliphatic rings. The summed E-state index contributed by atoms with van der Waals surface area (Å²) in [7, 11) is -3.72. The van der Waals surface area contributed by atoms with E-state index in [0.717, 1.165) is 49.7 Å². The molecule has 0 atom stereocenters. The normalized spacial score (nSPS) is 15.9. The predicted octanol–water partition coefficient (Wildman–Crippen LogP) is 2.34. The molecule has 1 aliphatic heterocycles. The number of primary sulfonamides is 1. The van der Waals surface area contributed by atoms with Gasteiger partial charge in [-0.15, -0.1) is 0 Å². The van der Waals surface area contributed by atoms with Crippen LogP contribution in [0.2, 0.25) is 0 Å². The van der Waals surface area contributed by atoms with Crippen LogP contribution in [-0.2, 0) is 16.6 Å². The van der Waals surface area contributed by atoms with Crippen LogP contribution in [0.3, 0.4) is 0 Å². The highest BCUT2D eigenvalue weighted by atomic mass is 32.2. The monoisotopic (exact) mass is 416 g/mol. The van der Waals surface area contributed by atoms with Crippen LogP contribution in [0.1, 0.15) is 25.3 Å². The molecule has 3 rings (SSSR count). The van der Waals surface area contributed by atoms with E-state index in [9.17, 15) is 8.42 Å². The van der Waals surface area contributed by atoms with E-state index in [1.54, 1.807) is 12.1 Å². The van der Waals surface area contributed by atoms with Gasteiger partial charge in [0.25, 0.3) is 0 Å². The average molecular weight is 417 g/mol. The van der Waals surface area contributed by atoms with Crippen LogP contribution in [0, 0.1) is 0 Å². The zero-order chi connectivity index (χ0) is 20.7. The lowest BCUT2D eigenvalue weighted by molar-refractivity contribution is 0.129. The van der Waals surface area contributed by atoms with Crippen LogP contribution >= 0.6 is 0 Å². The van der Waals surface area contributed by atoms with Crippen LogP contribution in [0.5, 0.6) is 5.75 Å². The molecule has 0 aromatic heterocycles. The van der Waals surface area contributed by atoms with Crippen molar-refractivity contribution in [3.63, 3.8) is 0 Å². The summed E-state index contributed by atoms with van der Waals surface area (Å²) in [6.07, 6.45) is 2.03. The predicted molar refractivity (Wildman–Crippen MR) is 114 cm³/mol. The molecule has 1 fully saturated rings. The largest absolute Gasteiger partial charge is 0.490 e. The number of nitrogens with one attached hydrogen (secondary N) is 1. The zero-order valence-corrected chi connectivity index (χ0v) is 17.4. The summed E-state index contributed by atoms with van der Waals surface area (Å²) >= 11 is 0. The van der Waals surface area contributed by atoms with E-state index < -0.39 is 10.0 Å². The minimum atomic E-state index is -3.72. The van der Waals surface area contributed by atoms with Crippen molar-refractivity contribution >= 4 is 16.0 Å². The molecule has 156 valence electrons. The highest BCUT2D eigenvalue weighted by Gasteiger charge is 2.22. The van der Waals surface area contributed by atoms with Crippen molar-refractivity contribution in [3.8, 4) is 5.75 Å². The van der Waals surface area contributed by atoms with Crippen molar-refractivity contribution in [1.29, 1.82) is 0 Å². The summed E-state index contributed by atoms with van der Waals surface area (Å²) in [4.78, 5) is 7.02. The van der Waals surface area contributed by atoms with Crippen LogP contribution < -0.4 is 15.2 Å². The van der Waals surface area contributed by atoms with Gasteiger partial charge in [-0.1, -0.05) is 30.3 Å². The molecule has 0 saturated carbocycles. The second-order valence-electron chi connectivity index (χ2n) is 6.98. The Morgan fingerprint density at radius 1 is 1.17 bits per heavy atom. The van der Waals surface area contributed by atoms with Crippen molar-refractivity contribution in [2.24, 2.45) is 10.1 Å². The van der Waals surface area contributed by atoms with E-state index in [0.29, 0.717) is 6.54 Å². The Hall–Kier alpha value is -2.58. The standard InChI is InChI=1S/C21H28N4O3S/c1-2-23-21(24-16-17-7-6-10-20(15-17)29(22,26)27)25-13-11-19(12-14-25)28-18-8-4-3-5-9-18/h3-10,15,19H,2,11-14,16H2,1H3,(H,23,24)(H2,22,26,27). The average Bonchev–Trinajstić information content (AvgIpc) is 2.72. The van der Waals surface area contributed by atoms with Crippen LogP contribution in [-0.4, -0.2) is 45.0 Å².